The van der Waals surface area contributed by atoms with Crippen LogP contribution in [-0.4, -0.2) is 19.6 Å². The van der Waals surface area contributed by atoms with Crippen molar-refractivity contribution in [2.75, 3.05) is 13.7 Å². The highest BCUT2D eigenvalue weighted by Crippen LogP contribution is 2.23. The molecule has 0 aliphatic heterocycles. The van der Waals surface area contributed by atoms with Gasteiger partial charge >= 0.3 is 0 Å². The third-order valence-corrected chi connectivity index (χ3v) is 4.37. The van der Waals surface area contributed by atoms with E-state index in [1.165, 1.54) is 5.56 Å². The van der Waals surface area contributed by atoms with E-state index in [4.69, 9.17) is 4.74 Å². The van der Waals surface area contributed by atoms with Crippen LogP contribution in [0.1, 0.15) is 21.5 Å². The number of carbonyl (C=O) groups is 1. The van der Waals surface area contributed by atoms with Crippen molar-refractivity contribution in [1.82, 2.24) is 5.32 Å². The highest BCUT2D eigenvalue weighted by Gasteiger charge is 2.12. The van der Waals surface area contributed by atoms with Crippen LogP contribution in [0.2, 0.25) is 0 Å². The van der Waals surface area contributed by atoms with Gasteiger partial charge in [-0.15, -0.1) is 0 Å². The van der Waals surface area contributed by atoms with Crippen molar-refractivity contribution in [2.45, 2.75) is 13.3 Å². The lowest BCUT2D eigenvalue weighted by Crippen LogP contribution is -2.26. The van der Waals surface area contributed by atoms with Crippen molar-refractivity contribution in [3.05, 3.63) is 89.5 Å². The molecule has 0 saturated carbocycles. The van der Waals surface area contributed by atoms with Crippen molar-refractivity contribution in [3.8, 4) is 16.9 Å². The van der Waals surface area contributed by atoms with Crippen LogP contribution in [0.4, 0.5) is 0 Å². The van der Waals surface area contributed by atoms with Gasteiger partial charge in [0.2, 0.25) is 0 Å². The number of amides is 1. The van der Waals surface area contributed by atoms with Gasteiger partial charge in [0.25, 0.3) is 5.91 Å². The number of hydrogen-bond donors (Lipinski definition) is 1. The molecular weight excluding hydrogens is 322 g/mol. The SMILES string of the molecule is COc1ccc(C)cc1CCNC(=O)c1ccccc1-c1ccccc1. The topological polar surface area (TPSA) is 38.3 Å². The van der Waals surface area contributed by atoms with E-state index in [9.17, 15) is 4.79 Å². The molecule has 132 valence electrons. The van der Waals surface area contributed by atoms with E-state index in [0.29, 0.717) is 12.1 Å². The molecule has 3 rings (SSSR count). The van der Waals surface area contributed by atoms with Gasteiger partial charge in [0.05, 0.1) is 7.11 Å². The zero-order valence-electron chi connectivity index (χ0n) is 15.2. The minimum Gasteiger partial charge on any atom is -0.496 e. The predicted octanol–water partition coefficient (Wildman–Crippen LogP) is 4.64. The lowest BCUT2D eigenvalue weighted by atomic mass is 9.99. The Bertz CT molecular complexity index is 888. The highest BCUT2D eigenvalue weighted by atomic mass is 16.5. The smallest absolute Gasteiger partial charge is 0.251 e. The van der Waals surface area contributed by atoms with Crippen LogP contribution >= 0.6 is 0 Å². The zero-order chi connectivity index (χ0) is 18.4. The average molecular weight is 345 g/mol. The number of benzene rings is 3. The molecule has 0 aliphatic rings. The molecule has 1 N–H and O–H groups in total. The largest absolute Gasteiger partial charge is 0.496 e. The Balaban J connectivity index is 1.71. The van der Waals surface area contributed by atoms with Gasteiger partial charge in [-0.25, -0.2) is 0 Å². The van der Waals surface area contributed by atoms with E-state index < -0.39 is 0 Å². The molecule has 0 saturated heterocycles. The summed E-state index contributed by atoms with van der Waals surface area (Å²) in [7, 11) is 1.67. The molecule has 0 spiro atoms. The number of nitrogens with one attached hydrogen (secondary N) is 1. The Morgan fingerprint density at radius 2 is 1.69 bits per heavy atom. The Morgan fingerprint density at radius 3 is 2.46 bits per heavy atom. The second kappa shape index (κ2) is 8.34. The van der Waals surface area contributed by atoms with Crippen molar-refractivity contribution in [2.24, 2.45) is 0 Å². The molecule has 3 aromatic rings. The third-order valence-electron chi connectivity index (χ3n) is 4.37. The summed E-state index contributed by atoms with van der Waals surface area (Å²) in [6, 6.07) is 23.8. The molecule has 0 aliphatic carbocycles. The van der Waals surface area contributed by atoms with E-state index in [0.717, 1.165) is 28.9 Å². The van der Waals surface area contributed by atoms with Gasteiger partial charge in [-0.3, -0.25) is 4.79 Å². The maximum Gasteiger partial charge on any atom is 0.251 e. The minimum atomic E-state index is -0.0592. The van der Waals surface area contributed by atoms with Gasteiger partial charge in [0, 0.05) is 12.1 Å². The van der Waals surface area contributed by atoms with E-state index in [-0.39, 0.29) is 5.91 Å². The fourth-order valence-electron chi connectivity index (χ4n) is 3.06. The first kappa shape index (κ1) is 17.7. The Kier molecular flexibility index (Phi) is 5.69. The van der Waals surface area contributed by atoms with Gasteiger partial charge in [-0.2, -0.15) is 0 Å². The monoisotopic (exact) mass is 345 g/mol. The van der Waals surface area contributed by atoms with Crippen LogP contribution in [-0.2, 0) is 6.42 Å². The van der Waals surface area contributed by atoms with E-state index in [1.807, 2.05) is 66.7 Å². The molecule has 3 nitrogen and oxygen atoms in total. The van der Waals surface area contributed by atoms with Gasteiger partial charge in [0.1, 0.15) is 5.75 Å². The maximum atomic E-state index is 12.7. The number of ether oxygens (including phenoxy) is 1. The summed E-state index contributed by atoms with van der Waals surface area (Å²) in [6.07, 6.45) is 0.726. The number of aryl methyl sites for hydroxylation is 1. The summed E-state index contributed by atoms with van der Waals surface area (Å²) in [6.45, 7) is 2.61. The van der Waals surface area contributed by atoms with Crippen LogP contribution in [0.5, 0.6) is 5.75 Å². The molecule has 3 aromatic carbocycles. The molecule has 0 radical (unpaired) electrons. The van der Waals surface area contributed by atoms with E-state index >= 15 is 0 Å². The Labute approximate surface area is 154 Å². The molecule has 3 heteroatoms. The summed E-state index contributed by atoms with van der Waals surface area (Å²) in [5.74, 6) is 0.797. The number of carbonyl (C=O) groups excluding carboxylic acids is 1. The van der Waals surface area contributed by atoms with Crippen LogP contribution in [0.25, 0.3) is 11.1 Å². The normalized spacial score (nSPS) is 10.4. The van der Waals surface area contributed by atoms with Gasteiger partial charge in [0.15, 0.2) is 0 Å². The lowest BCUT2D eigenvalue weighted by Gasteiger charge is -2.12. The molecule has 0 aromatic heterocycles. The number of methoxy groups -OCH3 is 1. The standard InChI is InChI=1S/C23H23NO2/c1-17-12-13-22(26-2)19(16-17)14-15-24-23(25)21-11-7-6-10-20(21)18-8-4-3-5-9-18/h3-13,16H,14-15H2,1-2H3,(H,24,25). The van der Waals surface area contributed by atoms with Crippen LogP contribution in [0.3, 0.4) is 0 Å². The molecule has 0 atom stereocenters. The van der Waals surface area contributed by atoms with Crippen molar-refractivity contribution in [1.29, 1.82) is 0 Å². The van der Waals surface area contributed by atoms with Gasteiger partial charge in [-0.05, 0) is 42.2 Å². The summed E-state index contributed by atoms with van der Waals surface area (Å²) >= 11 is 0. The molecule has 0 unspecified atom stereocenters. The van der Waals surface area contributed by atoms with E-state index in [2.05, 4.69) is 18.3 Å². The Hall–Kier alpha value is -3.07. The summed E-state index contributed by atoms with van der Waals surface area (Å²) < 4.78 is 5.41. The van der Waals surface area contributed by atoms with Crippen molar-refractivity contribution < 1.29 is 9.53 Å². The summed E-state index contributed by atoms with van der Waals surface area (Å²) in [4.78, 5) is 12.7. The Morgan fingerprint density at radius 1 is 0.962 bits per heavy atom. The second-order valence-electron chi connectivity index (χ2n) is 6.23. The van der Waals surface area contributed by atoms with Crippen LogP contribution in [0, 0.1) is 6.92 Å². The first-order chi connectivity index (χ1) is 12.7. The first-order valence-corrected chi connectivity index (χ1v) is 8.75. The van der Waals surface area contributed by atoms with Gasteiger partial charge in [-0.1, -0.05) is 66.2 Å². The van der Waals surface area contributed by atoms with E-state index in [1.54, 1.807) is 7.11 Å². The number of hydrogen-bond acceptors (Lipinski definition) is 2. The molecule has 26 heavy (non-hydrogen) atoms. The average Bonchev–Trinajstić information content (AvgIpc) is 2.69. The molecule has 0 fully saturated rings. The van der Waals surface area contributed by atoms with Crippen molar-refractivity contribution >= 4 is 5.91 Å². The first-order valence-electron chi connectivity index (χ1n) is 8.75. The highest BCUT2D eigenvalue weighted by molar-refractivity contribution is 6.00. The fraction of sp³-hybridized carbons (Fsp3) is 0.174. The molecular formula is C23H23NO2. The quantitative estimate of drug-likeness (QED) is 0.706. The second-order valence-corrected chi connectivity index (χ2v) is 6.23. The van der Waals surface area contributed by atoms with Gasteiger partial charge < -0.3 is 10.1 Å². The predicted molar refractivity (Wildman–Crippen MR) is 106 cm³/mol. The lowest BCUT2D eigenvalue weighted by molar-refractivity contribution is 0.0954. The molecule has 0 bridgehead atoms. The summed E-state index contributed by atoms with van der Waals surface area (Å²) in [5, 5.41) is 3.03. The fourth-order valence-corrected chi connectivity index (χ4v) is 3.06. The molecule has 0 heterocycles. The number of rotatable bonds is 6. The van der Waals surface area contributed by atoms with Crippen LogP contribution < -0.4 is 10.1 Å². The molecule has 1 amide bonds. The van der Waals surface area contributed by atoms with Crippen molar-refractivity contribution in [3.63, 3.8) is 0 Å². The summed E-state index contributed by atoms with van der Waals surface area (Å²) in [5.41, 5.74) is 4.96. The zero-order valence-corrected chi connectivity index (χ0v) is 15.2. The maximum absolute atomic E-state index is 12.7. The third kappa shape index (κ3) is 4.12. The van der Waals surface area contributed by atoms with Crippen LogP contribution in [0.15, 0.2) is 72.8 Å². The minimum absolute atomic E-state index is 0.0592.